The summed E-state index contributed by atoms with van der Waals surface area (Å²) in [6.45, 7) is 6.36. The van der Waals surface area contributed by atoms with Gasteiger partial charge in [0.15, 0.2) is 0 Å². The van der Waals surface area contributed by atoms with E-state index in [-0.39, 0.29) is 11.8 Å². The molecule has 0 spiro atoms. The standard InChI is InChI=1S/C22H26ClN5O2/c1-2-15-12-18(29)20-19(15)21(26-13-25-20)27-7-9-28(10-8-27)22(30)17(24)11-14-3-5-16(23)6-4-14/h2-6,13,15,17-18,29H,1,7-12,24H2/t15-,17-,18-/m1/s1. The van der Waals surface area contributed by atoms with Crippen LogP contribution in [0.3, 0.4) is 0 Å². The Morgan fingerprint density at radius 1 is 1.27 bits per heavy atom. The number of allylic oxidation sites excluding steroid dienone is 1. The van der Waals surface area contributed by atoms with Gasteiger partial charge < -0.3 is 20.6 Å². The van der Waals surface area contributed by atoms with Crippen LogP contribution in [-0.2, 0) is 11.2 Å². The Labute approximate surface area is 181 Å². The van der Waals surface area contributed by atoms with Crippen LogP contribution in [0.2, 0.25) is 5.02 Å². The highest BCUT2D eigenvalue weighted by molar-refractivity contribution is 6.30. The summed E-state index contributed by atoms with van der Waals surface area (Å²) in [7, 11) is 0. The van der Waals surface area contributed by atoms with E-state index >= 15 is 0 Å². The Morgan fingerprint density at radius 3 is 2.63 bits per heavy atom. The van der Waals surface area contributed by atoms with E-state index in [4.69, 9.17) is 17.3 Å². The number of nitrogens with zero attached hydrogens (tertiary/aromatic N) is 4. The van der Waals surface area contributed by atoms with E-state index in [1.165, 1.54) is 6.33 Å². The van der Waals surface area contributed by atoms with Crippen molar-refractivity contribution in [1.29, 1.82) is 0 Å². The second-order valence-electron chi connectivity index (χ2n) is 7.84. The number of aromatic nitrogens is 2. The molecule has 8 heteroatoms. The number of hydrogen-bond donors (Lipinski definition) is 2. The first-order valence-electron chi connectivity index (χ1n) is 10.2. The fourth-order valence-electron chi connectivity index (χ4n) is 4.29. The van der Waals surface area contributed by atoms with Crippen molar-refractivity contribution in [2.45, 2.75) is 30.9 Å². The zero-order valence-electron chi connectivity index (χ0n) is 16.7. The van der Waals surface area contributed by atoms with Gasteiger partial charge in [-0.2, -0.15) is 0 Å². The van der Waals surface area contributed by atoms with Crippen LogP contribution in [-0.4, -0.2) is 58.1 Å². The van der Waals surface area contributed by atoms with Gasteiger partial charge >= 0.3 is 0 Å². The second kappa shape index (κ2) is 8.71. The fraction of sp³-hybridized carbons (Fsp3) is 0.409. The number of benzene rings is 1. The van der Waals surface area contributed by atoms with Gasteiger partial charge in [-0.3, -0.25) is 4.79 Å². The monoisotopic (exact) mass is 427 g/mol. The summed E-state index contributed by atoms with van der Waals surface area (Å²) in [5, 5.41) is 11.0. The third-order valence-corrected chi connectivity index (χ3v) is 6.17. The molecule has 158 valence electrons. The molecule has 3 atom stereocenters. The van der Waals surface area contributed by atoms with Crippen molar-refractivity contribution in [3.8, 4) is 0 Å². The van der Waals surface area contributed by atoms with Crippen molar-refractivity contribution in [3.05, 3.63) is 65.1 Å². The molecule has 1 saturated heterocycles. The van der Waals surface area contributed by atoms with E-state index in [0.717, 1.165) is 16.9 Å². The first-order valence-corrected chi connectivity index (χ1v) is 10.5. The maximum absolute atomic E-state index is 12.8. The Bertz CT molecular complexity index is 928. The van der Waals surface area contributed by atoms with Crippen molar-refractivity contribution in [1.82, 2.24) is 14.9 Å². The van der Waals surface area contributed by atoms with E-state index in [1.807, 2.05) is 23.1 Å². The maximum Gasteiger partial charge on any atom is 0.239 e. The van der Waals surface area contributed by atoms with Crippen LogP contribution in [0, 0.1) is 0 Å². The van der Waals surface area contributed by atoms with Gasteiger partial charge in [-0.1, -0.05) is 29.8 Å². The third-order valence-electron chi connectivity index (χ3n) is 5.92. The van der Waals surface area contributed by atoms with E-state index in [0.29, 0.717) is 49.7 Å². The lowest BCUT2D eigenvalue weighted by atomic mass is 10.0. The predicted octanol–water partition coefficient (Wildman–Crippen LogP) is 2.06. The number of anilines is 1. The number of amides is 1. The van der Waals surface area contributed by atoms with Gasteiger partial charge in [-0.15, -0.1) is 6.58 Å². The van der Waals surface area contributed by atoms with Crippen molar-refractivity contribution in [2.75, 3.05) is 31.1 Å². The van der Waals surface area contributed by atoms with Gasteiger partial charge in [-0.05, 0) is 30.5 Å². The summed E-state index contributed by atoms with van der Waals surface area (Å²) in [5.41, 5.74) is 8.83. The van der Waals surface area contributed by atoms with Gasteiger partial charge in [0.05, 0.1) is 17.8 Å². The molecule has 1 amide bonds. The average Bonchev–Trinajstić information content (AvgIpc) is 3.11. The van der Waals surface area contributed by atoms with Crippen LogP contribution in [0.25, 0.3) is 0 Å². The fourth-order valence-corrected chi connectivity index (χ4v) is 4.42. The molecule has 4 rings (SSSR count). The Hall–Kier alpha value is -2.48. The zero-order valence-corrected chi connectivity index (χ0v) is 17.5. The molecule has 0 unspecified atom stereocenters. The number of fused-ring (bicyclic) bond motifs is 1. The molecule has 0 radical (unpaired) electrons. The van der Waals surface area contributed by atoms with Crippen LogP contribution >= 0.6 is 11.6 Å². The number of aliphatic hydroxyl groups is 1. The van der Waals surface area contributed by atoms with Crippen molar-refractivity contribution in [2.24, 2.45) is 5.73 Å². The van der Waals surface area contributed by atoms with E-state index in [9.17, 15) is 9.90 Å². The number of nitrogens with two attached hydrogens (primary N) is 1. The van der Waals surface area contributed by atoms with Crippen molar-refractivity contribution in [3.63, 3.8) is 0 Å². The summed E-state index contributed by atoms with van der Waals surface area (Å²) >= 11 is 5.92. The molecule has 2 aliphatic rings. The van der Waals surface area contributed by atoms with E-state index in [2.05, 4.69) is 21.4 Å². The molecule has 0 bridgehead atoms. The maximum atomic E-state index is 12.8. The van der Waals surface area contributed by atoms with Gasteiger partial charge in [0.2, 0.25) is 5.91 Å². The Morgan fingerprint density at radius 2 is 1.97 bits per heavy atom. The minimum absolute atomic E-state index is 0.0404. The van der Waals surface area contributed by atoms with Gasteiger partial charge in [0.1, 0.15) is 12.1 Å². The summed E-state index contributed by atoms with van der Waals surface area (Å²) in [5.74, 6) is 0.828. The molecule has 30 heavy (non-hydrogen) atoms. The van der Waals surface area contributed by atoms with Crippen LogP contribution in [0.4, 0.5) is 5.82 Å². The van der Waals surface area contributed by atoms with E-state index < -0.39 is 12.1 Å². The average molecular weight is 428 g/mol. The number of rotatable bonds is 5. The van der Waals surface area contributed by atoms with Crippen molar-refractivity contribution >= 4 is 23.3 Å². The number of halogens is 1. The Kier molecular flexibility index (Phi) is 6.04. The predicted molar refractivity (Wildman–Crippen MR) is 116 cm³/mol. The number of piperazine rings is 1. The minimum Gasteiger partial charge on any atom is -0.387 e. The number of aliphatic hydroxyl groups excluding tert-OH is 1. The summed E-state index contributed by atoms with van der Waals surface area (Å²) < 4.78 is 0. The highest BCUT2D eigenvalue weighted by Gasteiger charge is 2.35. The molecule has 0 saturated carbocycles. The first kappa shape index (κ1) is 20.8. The summed E-state index contributed by atoms with van der Waals surface area (Å²) in [6, 6.07) is 6.82. The van der Waals surface area contributed by atoms with Crippen LogP contribution in [0.15, 0.2) is 43.2 Å². The SMILES string of the molecule is C=C[C@@H]1C[C@@H](O)c2ncnc(N3CCN(C(=O)[C@H](N)Cc4ccc(Cl)cc4)CC3)c21. The number of hydrogen-bond acceptors (Lipinski definition) is 6. The van der Waals surface area contributed by atoms with Gasteiger partial charge in [0.25, 0.3) is 0 Å². The zero-order chi connectivity index (χ0) is 21.3. The lowest BCUT2D eigenvalue weighted by Crippen LogP contribution is -2.54. The molecule has 1 aromatic heterocycles. The van der Waals surface area contributed by atoms with Gasteiger partial charge in [0, 0.05) is 42.7 Å². The van der Waals surface area contributed by atoms with Crippen LogP contribution < -0.4 is 10.6 Å². The van der Waals surface area contributed by atoms with Crippen LogP contribution in [0.5, 0.6) is 0 Å². The quantitative estimate of drug-likeness (QED) is 0.709. The lowest BCUT2D eigenvalue weighted by Gasteiger charge is -2.37. The molecule has 1 fully saturated rings. The third kappa shape index (κ3) is 4.05. The van der Waals surface area contributed by atoms with E-state index in [1.54, 1.807) is 12.1 Å². The second-order valence-corrected chi connectivity index (χ2v) is 8.28. The first-order chi connectivity index (χ1) is 14.5. The molecular weight excluding hydrogens is 402 g/mol. The van der Waals surface area contributed by atoms with Gasteiger partial charge in [-0.25, -0.2) is 9.97 Å². The molecule has 1 aliphatic carbocycles. The normalized spacial score (nSPS) is 22.0. The van der Waals surface area contributed by atoms with Crippen molar-refractivity contribution < 1.29 is 9.90 Å². The molecule has 2 heterocycles. The molecule has 2 aromatic rings. The highest BCUT2D eigenvalue weighted by Crippen LogP contribution is 2.43. The smallest absolute Gasteiger partial charge is 0.239 e. The molecule has 1 aromatic carbocycles. The lowest BCUT2D eigenvalue weighted by molar-refractivity contribution is -0.132. The molecular formula is C22H26ClN5O2. The number of carbonyl (C=O) groups excluding carboxylic acids is 1. The summed E-state index contributed by atoms with van der Waals surface area (Å²) in [4.78, 5) is 25.6. The molecule has 7 nitrogen and oxygen atoms in total. The molecule has 3 N–H and O–H groups in total. The van der Waals surface area contributed by atoms with Crippen LogP contribution in [0.1, 0.15) is 35.3 Å². The summed E-state index contributed by atoms with van der Waals surface area (Å²) in [6.07, 6.45) is 3.83. The minimum atomic E-state index is -0.585. The largest absolute Gasteiger partial charge is 0.387 e. The molecule has 1 aliphatic heterocycles. The number of carbonyl (C=O) groups is 1. The topological polar surface area (TPSA) is 95.6 Å². The Balaban J connectivity index is 1.40. The highest BCUT2D eigenvalue weighted by atomic mass is 35.5.